The topological polar surface area (TPSA) is 141 Å². The molecular formula is C17H18O11. The second-order valence-electron chi connectivity index (χ2n) is 4.87. The summed E-state index contributed by atoms with van der Waals surface area (Å²) in [5.74, 6) is -6.46. The number of methoxy groups -OCH3 is 6. The smallest absolute Gasteiger partial charge is 0.342 e. The minimum atomic E-state index is -1.22. The summed E-state index contributed by atoms with van der Waals surface area (Å²) in [5, 5.41) is 0. The van der Waals surface area contributed by atoms with Crippen LogP contribution in [-0.4, -0.2) is 72.5 Å². The summed E-state index contributed by atoms with van der Waals surface area (Å²) in [6.07, 6.45) is 0. The third kappa shape index (κ3) is 3.72. The molecule has 0 bridgehead atoms. The first-order valence-electron chi connectivity index (χ1n) is 7.44. The first kappa shape index (κ1) is 22.4. The molecule has 0 saturated carbocycles. The molecule has 0 spiro atoms. The lowest BCUT2D eigenvalue weighted by Gasteiger charge is -2.20. The van der Waals surface area contributed by atoms with Crippen molar-refractivity contribution in [2.75, 3.05) is 42.7 Å². The van der Waals surface area contributed by atoms with Crippen LogP contribution in [0.15, 0.2) is 0 Å². The molecule has 1 aromatic carbocycles. The van der Waals surface area contributed by atoms with E-state index in [2.05, 4.69) is 23.7 Å². The molecule has 1 aromatic rings. The van der Waals surface area contributed by atoms with E-state index in [4.69, 9.17) is 4.74 Å². The van der Waals surface area contributed by atoms with E-state index >= 15 is 0 Å². The fourth-order valence-corrected chi connectivity index (χ4v) is 2.44. The molecule has 0 atom stereocenters. The van der Waals surface area contributed by atoms with Gasteiger partial charge in [-0.15, -0.1) is 0 Å². The number of rotatable bonds is 6. The number of hydrogen-bond donors (Lipinski definition) is 0. The predicted octanol–water partition coefficient (Wildman–Crippen LogP) is 0.628. The summed E-state index contributed by atoms with van der Waals surface area (Å²) in [6, 6.07) is 0. The molecule has 0 aliphatic rings. The van der Waals surface area contributed by atoms with Crippen LogP contribution in [0.2, 0.25) is 0 Å². The van der Waals surface area contributed by atoms with Crippen molar-refractivity contribution in [3.8, 4) is 5.75 Å². The van der Waals surface area contributed by atoms with Crippen LogP contribution >= 0.6 is 0 Å². The Bertz CT molecular complexity index is 781. The number of esters is 5. The minimum Gasteiger partial charge on any atom is -0.495 e. The Morgan fingerprint density at radius 1 is 0.429 bits per heavy atom. The van der Waals surface area contributed by atoms with Crippen LogP contribution < -0.4 is 4.74 Å². The van der Waals surface area contributed by atoms with Gasteiger partial charge in [-0.25, -0.2) is 24.0 Å². The molecule has 0 aliphatic heterocycles. The maximum Gasteiger partial charge on any atom is 0.342 e. The predicted molar refractivity (Wildman–Crippen MR) is 89.7 cm³/mol. The largest absolute Gasteiger partial charge is 0.495 e. The first-order chi connectivity index (χ1) is 13.2. The van der Waals surface area contributed by atoms with Crippen LogP contribution in [0.25, 0.3) is 0 Å². The highest BCUT2D eigenvalue weighted by molar-refractivity contribution is 6.20. The highest BCUT2D eigenvalue weighted by Crippen LogP contribution is 2.37. The lowest BCUT2D eigenvalue weighted by atomic mass is 9.89. The van der Waals surface area contributed by atoms with Crippen LogP contribution in [0, 0.1) is 0 Å². The quantitative estimate of drug-likeness (QED) is 0.492. The SMILES string of the molecule is COC(=O)c1c(OC)c(C(=O)OC)c(C(=O)OC)c(C(=O)OC)c1C(=O)OC. The molecule has 0 aliphatic carbocycles. The minimum absolute atomic E-state index is 0.549. The van der Waals surface area contributed by atoms with Crippen LogP contribution in [0.3, 0.4) is 0 Å². The third-order valence-electron chi connectivity index (χ3n) is 3.61. The molecule has 11 nitrogen and oxygen atoms in total. The van der Waals surface area contributed by atoms with E-state index in [9.17, 15) is 24.0 Å². The van der Waals surface area contributed by atoms with Crippen molar-refractivity contribution in [1.82, 2.24) is 0 Å². The van der Waals surface area contributed by atoms with Crippen molar-refractivity contribution in [3.63, 3.8) is 0 Å². The number of carbonyl (C=O) groups excluding carboxylic acids is 5. The average Bonchev–Trinajstić information content (AvgIpc) is 2.73. The van der Waals surface area contributed by atoms with E-state index in [1.165, 1.54) is 0 Å². The Morgan fingerprint density at radius 3 is 0.857 bits per heavy atom. The summed E-state index contributed by atoms with van der Waals surface area (Å²) in [4.78, 5) is 62.0. The Morgan fingerprint density at radius 2 is 0.643 bits per heavy atom. The maximum atomic E-state index is 12.4. The van der Waals surface area contributed by atoms with Gasteiger partial charge < -0.3 is 28.4 Å². The molecule has 0 heterocycles. The van der Waals surface area contributed by atoms with Gasteiger partial charge in [0.1, 0.15) is 16.9 Å². The zero-order valence-electron chi connectivity index (χ0n) is 16.0. The molecule has 0 radical (unpaired) electrons. The zero-order chi connectivity index (χ0) is 21.6. The molecule has 0 saturated heterocycles. The molecule has 28 heavy (non-hydrogen) atoms. The zero-order valence-corrected chi connectivity index (χ0v) is 16.0. The third-order valence-corrected chi connectivity index (χ3v) is 3.61. The van der Waals surface area contributed by atoms with Crippen molar-refractivity contribution in [3.05, 3.63) is 27.8 Å². The van der Waals surface area contributed by atoms with Crippen LogP contribution in [-0.2, 0) is 23.7 Å². The van der Waals surface area contributed by atoms with Gasteiger partial charge in [-0.2, -0.15) is 0 Å². The molecule has 0 amide bonds. The van der Waals surface area contributed by atoms with E-state index in [-0.39, 0.29) is 0 Å². The van der Waals surface area contributed by atoms with Crippen molar-refractivity contribution in [2.45, 2.75) is 0 Å². The van der Waals surface area contributed by atoms with Crippen LogP contribution in [0.4, 0.5) is 0 Å². The average molecular weight is 398 g/mol. The van der Waals surface area contributed by atoms with Gasteiger partial charge in [0.05, 0.1) is 59.3 Å². The molecule has 152 valence electrons. The molecule has 0 N–H and O–H groups in total. The summed E-state index contributed by atoms with van der Waals surface area (Å²) < 4.78 is 28.2. The van der Waals surface area contributed by atoms with E-state index in [0.717, 1.165) is 42.7 Å². The second kappa shape index (κ2) is 9.35. The highest BCUT2D eigenvalue weighted by atomic mass is 16.5. The molecule has 0 unspecified atom stereocenters. The van der Waals surface area contributed by atoms with Crippen molar-refractivity contribution >= 4 is 29.8 Å². The molecule has 11 heteroatoms. The first-order valence-corrected chi connectivity index (χ1v) is 7.44. The van der Waals surface area contributed by atoms with Crippen molar-refractivity contribution in [2.24, 2.45) is 0 Å². The number of carbonyl (C=O) groups is 5. The van der Waals surface area contributed by atoms with Gasteiger partial charge in [-0.05, 0) is 0 Å². The summed E-state index contributed by atoms with van der Waals surface area (Å²) in [5.41, 5.74) is -3.42. The Balaban J connectivity index is 4.44. The summed E-state index contributed by atoms with van der Waals surface area (Å²) >= 11 is 0. The van der Waals surface area contributed by atoms with Gasteiger partial charge in [0.25, 0.3) is 0 Å². The van der Waals surface area contributed by atoms with Gasteiger partial charge >= 0.3 is 29.8 Å². The Kier molecular flexibility index (Phi) is 7.48. The van der Waals surface area contributed by atoms with Gasteiger partial charge in [0.15, 0.2) is 0 Å². The molecule has 0 fully saturated rings. The standard InChI is InChI=1S/C17H18O11/c1-23-12-10(16(21)27-5)8(14(19)25-3)7(13(18)24-2)9(15(20)26-4)11(12)17(22)28-6/h1-6H3. The fraction of sp³-hybridized carbons (Fsp3) is 0.353. The molecule has 1 rings (SSSR count). The van der Waals surface area contributed by atoms with Gasteiger partial charge in [-0.1, -0.05) is 0 Å². The van der Waals surface area contributed by atoms with Gasteiger partial charge in [-0.3, -0.25) is 0 Å². The monoisotopic (exact) mass is 398 g/mol. The lowest BCUT2D eigenvalue weighted by molar-refractivity contribution is 0.0506. The number of ether oxygens (including phenoxy) is 6. The van der Waals surface area contributed by atoms with E-state index in [1.54, 1.807) is 0 Å². The summed E-state index contributed by atoms with van der Waals surface area (Å²) in [7, 11) is 5.96. The van der Waals surface area contributed by atoms with E-state index in [0.29, 0.717) is 0 Å². The van der Waals surface area contributed by atoms with Crippen LogP contribution in [0.5, 0.6) is 5.75 Å². The maximum absolute atomic E-state index is 12.4. The van der Waals surface area contributed by atoms with Gasteiger partial charge in [0, 0.05) is 0 Å². The number of hydrogen-bond acceptors (Lipinski definition) is 11. The Labute approximate surface area is 159 Å². The number of benzene rings is 1. The van der Waals surface area contributed by atoms with Crippen molar-refractivity contribution < 1.29 is 52.4 Å². The van der Waals surface area contributed by atoms with Crippen LogP contribution in [0.1, 0.15) is 51.8 Å². The molecule has 0 aromatic heterocycles. The normalized spacial score (nSPS) is 9.79. The molecular weight excluding hydrogens is 380 g/mol. The second-order valence-corrected chi connectivity index (χ2v) is 4.87. The Hall–Kier alpha value is -3.63. The van der Waals surface area contributed by atoms with Gasteiger partial charge in [0.2, 0.25) is 0 Å². The van der Waals surface area contributed by atoms with E-state index < -0.39 is 63.4 Å². The summed E-state index contributed by atoms with van der Waals surface area (Å²) in [6.45, 7) is 0. The van der Waals surface area contributed by atoms with E-state index in [1.807, 2.05) is 0 Å². The highest BCUT2D eigenvalue weighted by Gasteiger charge is 2.41. The fourth-order valence-electron chi connectivity index (χ4n) is 2.44. The lowest BCUT2D eigenvalue weighted by Crippen LogP contribution is -2.27. The van der Waals surface area contributed by atoms with Crippen molar-refractivity contribution in [1.29, 1.82) is 0 Å².